The Hall–Kier alpha value is -2.31. The predicted octanol–water partition coefficient (Wildman–Crippen LogP) is 5.03. The molecule has 1 aliphatic heterocycles. The van der Waals surface area contributed by atoms with Gasteiger partial charge in [0.1, 0.15) is 5.75 Å². The third-order valence-corrected chi connectivity index (χ3v) is 6.51. The van der Waals surface area contributed by atoms with Gasteiger partial charge < -0.3 is 9.64 Å². The van der Waals surface area contributed by atoms with Gasteiger partial charge in [-0.25, -0.2) is 4.98 Å². The molecule has 1 aromatic heterocycles. The number of amides is 1. The Morgan fingerprint density at radius 3 is 2.96 bits per heavy atom. The second-order valence-electron chi connectivity index (χ2n) is 6.60. The van der Waals surface area contributed by atoms with Crippen LogP contribution in [-0.4, -0.2) is 28.9 Å². The Kier molecular flexibility index (Phi) is 5.98. The average Bonchev–Trinajstić information content (AvgIpc) is 3.25. The molecule has 28 heavy (non-hydrogen) atoms. The molecule has 0 bridgehead atoms. The highest BCUT2D eigenvalue weighted by molar-refractivity contribution is 7.98. The summed E-state index contributed by atoms with van der Waals surface area (Å²) in [7, 11) is 0. The van der Waals surface area contributed by atoms with E-state index in [0.717, 1.165) is 40.6 Å². The fraction of sp³-hybridized carbons (Fsp3) is 0.273. The monoisotopic (exact) mass is 410 g/mol. The highest BCUT2D eigenvalue weighted by atomic mass is 32.2. The molecule has 2 aromatic carbocycles. The summed E-state index contributed by atoms with van der Waals surface area (Å²) < 4.78 is 5.63. The quantitative estimate of drug-likeness (QED) is 0.535. The van der Waals surface area contributed by atoms with Gasteiger partial charge in [-0.15, -0.1) is 23.1 Å². The van der Waals surface area contributed by atoms with E-state index in [0.29, 0.717) is 13.2 Å². The SMILES string of the molecule is CCOc1ccc2c(c1)CN(C(=O)c1ccccc1SCc1cscn1)CC2. The smallest absolute Gasteiger partial charge is 0.255 e. The van der Waals surface area contributed by atoms with Crippen LogP contribution in [0.5, 0.6) is 5.75 Å². The predicted molar refractivity (Wildman–Crippen MR) is 114 cm³/mol. The third kappa shape index (κ3) is 4.23. The van der Waals surface area contributed by atoms with Crippen molar-refractivity contribution in [3.05, 3.63) is 75.7 Å². The molecular weight excluding hydrogens is 388 g/mol. The van der Waals surface area contributed by atoms with Crippen molar-refractivity contribution >= 4 is 29.0 Å². The normalized spacial score (nSPS) is 13.2. The Morgan fingerprint density at radius 2 is 2.14 bits per heavy atom. The zero-order chi connectivity index (χ0) is 19.3. The van der Waals surface area contributed by atoms with E-state index in [9.17, 15) is 4.79 Å². The molecule has 144 valence electrons. The number of carbonyl (C=O) groups is 1. The van der Waals surface area contributed by atoms with Gasteiger partial charge in [0.15, 0.2) is 0 Å². The van der Waals surface area contributed by atoms with Crippen molar-refractivity contribution in [2.75, 3.05) is 13.2 Å². The minimum absolute atomic E-state index is 0.0915. The number of hydrogen-bond acceptors (Lipinski definition) is 5. The molecular formula is C22H22N2O2S2. The molecule has 1 aliphatic rings. The van der Waals surface area contributed by atoms with E-state index in [1.54, 1.807) is 23.1 Å². The summed E-state index contributed by atoms with van der Waals surface area (Å²) >= 11 is 3.26. The molecule has 0 atom stereocenters. The van der Waals surface area contributed by atoms with Crippen molar-refractivity contribution < 1.29 is 9.53 Å². The van der Waals surface area contributed by atoms with Crippen LogP contribution in [-0.2, 0) is 18.7 Å². The van der Waals surface area contributed by atoms with Crippen LogP contribution in [0.2, 0.25) is 0 Å². The summed E-state index contributed by atoms with van der Waals surface area (Å²) in [5.74, 6) is 1.73. The van der Waals surface area contributed by atoms with Gasteiger partial charge in [0.25, 0.3) is 5.91 Å². The molecule has 0 fully saturated rings. The highest BCUT2D eigenvalue weighted by Crippen LogP contribution is 2.29. The third-order valence-electron chi connectivity index (χ3n) is 4.76. The van der Waals surface area contributed by atoms with E-state index >= 15 is 0 Å². The molecule has 4 rings (SSSR count). The van der Waals surface area contributed by atoms with Crippen molar-refractivity contribution in [2.45, 2.75) is 30.5 Å². The van der Waals surface area contributed by atoms with E-state index in [4.69, 9.17) is 4.74 Å². The van der Waals surface area contributed by atoms with Crippen molar-refractivity contribution in [3.8, 4) is 5.75 Å². The van der Waals surface area contributed by atoms with Gasteiger partial charge in [0.2, 0.25) is 0 Å². The van der Waals surface area contributed by atoms with Crippen LogP contribution in [0.15, 0.2) is 58.3 Å². The van der Waals surface area contributed by atoms with E-state index in [1.807, 2.05) is 47.7 Å². The number of thiazole rings is 1. The maximum Gasteiger partial charge on any atom is 0.255 e. The number of rotatable bonds is 6. The molecule has 3 aromatic rings. The summed E-state index contributed by atoms with van der Waals surface area (Å²) in [5.41, 5.74) is 6.14. The Balaban J connectivity index is 1.51. The Labute approximate surface area is 173 Å². The van der Waals surface area contributed by atoms with Gasteiger partial charge in [0.05, 0.1) is 23.4 Å². The fourth-order valence-electron chi connectivity index (χ4n) is 3.36. The van der Waals surface area contributed by atoms with Crippen LogP contribution in [0.3, 0.4) is 0 Å². The van der Waals surface area contributed by atoms with Gasteiger partial charge in [-0.1, -0.05) is 18.2 Å². The molecule has 0 saturated heterocycles. The van der Waals surface area contributed by atoms with Gasteiger partial charge in [-0.3, -0.25) is 4.79 Å². The first kappa shape index (κ1) is 19.0. The van der Waals surface area contributed by atoms with Crippen molar-refractivity contribution in [2.24, 2.45) is 0 Å². The summed E-state index contributed by atoms with van der Waals surface area (Å²) in [6.07, 6.45) is 0.877. The van der Waals surface area contributed by atoms with Crippen molar-refractivity contribution in [1.82, 2.24) is 9.88 Å². The number of nitrogens with zero attached hydrogens (tertiary/aromatic N) is 2. The number of ether oxygens (including phenoxy) is 1. The number of benzene rings is 2. The van der Waals surface area contributed by atoms with E-state index in [-0.39, 0.29) is 5.91 Å². The second-order valence-corrected chi connectivity index (χ2v) is 8.34. The Morgan fingerprint density at radius 1 is 1.25 bits per heavy atom. The van der Waals surface area contributed by atoms with Gasteiger partial charge in [-0.05, 0) is 48.7 Å². The lowest BCUT2D eigenvalue weighted by molar-refractivity contribution is 0.0731. The molecule has 2 heterocycles. The lowest BCUT2D eigenvalue weighted by Crippen LogP contribution is -2.36. The van der Waals surface area contributed by atoms with Crippen LogP contribution < -0.4 is 4.74 Å². The van der Waals surface area contributed by atoms with Crippen LogP contribution in [0.25, 0.3) is 0 Å². The number of fused-ring (bicyclic) bond motifs is 1. The summed E-state index contributed by atoms with van der Waals surface area (Å²) in [5, 5.41) is 2.05. The lowest BCUT2D eigenvalue weighted by atomic mass is 9.99. The molecule has 4 nitrogen and oxygen atoms in total. The van der Waals surface area contributed by atoms with Gasteiger partial charge in [0, 0.05) is 29.1 Å². The molecule has 0 saturated carbocycles. The maximum absolute atomic E-state index is 13.3. The fourth-order valence-corrected chi connectivity index (χ4v) is 4.97. The lowest BCUT2D eigenvalue weighted by Gasteiger charge is -2.29. The standard InChI is InChI=1S/C22H22N2O2S2/c1-2-26-19-8-7-16-9-10-24(12-17(16)11-19)22(25)20-5-3-4-6-21(20)28-14-18-13-27-15-23-18/h3-8,11,13,15H,2,9-10,12,14H2,1H3. The van der Waals surface area contributed by atoms with E-state index in [1.165, 1.54) is 11.1 Å². The minimum atomic E-state index is 0.0915. The number of carbonyl (C=O) groups excluding carboxylic acids is 1. The van der Waals surface area contributed by atoms with E-state index in [2.05, 4.69) is 22.5 Å². The van der Waals surface area contributed by atoms with Crippen LogP contribution >= 0.6 is 23.1 Å². The highest BCUT2D eigenvalue weighted by Gasteiger charge is 2.24. The Bertz CT molecular complexity index is 957. The second kappa shape index (κ2) is 8.80. The zero-order valence-electron chi connectivity index (χ0n) is 15.8. The van der Waals surface area contributed by atoms with Gasteiger partial charge in [-0.2, -0.15) is 0 Å². The minimum Gasteiger partial charge on any atom is -0.494 e. The molecule has 6 heteroatoms. The summed E-state index contributed by atoms with van der Waals surface area (Å²) in [6, 6.07) is 14.1. The van der Waals surface area contributed by atoms with Crippen molar-refractivity contribution in [1.29, 1.82) is 0 Å². The molecule has 0 aliphatic carbocycles. The van der Waals surface area contributed by atoms with Crippen LogP contribution in [0.1, 0.15) is 34.1 Å². The topological polar surface area (TPSA) is 42.4 Å². The number of aromatic nitrogens is 1. The molecule has 0 unspecified atom stereocenters. The zero-order valence-corrected chi connectivity index (χ0v) is 17.4. The van der Waals surface area contributed by atoms with E-state index < -0.39 is 0 Å². The molecule has 0 spiro atoms. The first-order valence-corrected chi connectivity index (χ1v) is 11.3. The first-order valence-electron chi connectivity index (χ1n) is 9.37. The number of thioether (sulfide) groups is 1. The van der Waals surface area contributed by atoms with Crippen LogP contribution in [0, 0.1) is 0 Å². The largest absolute Gasteiger partial charge is 0.494 e. The molecule has 1 amide bonds. The molecule has 0 radical (unpaired) electrons. The first-order chi connectivity index (χ1) is 13.7. The molecule has 0 N–H and O–H groups in total. The maximum atomic E-state index is 13.3. The summed E-state index contributed by atoms with van der Waals surface area (Å²) in [4.78, 5) is 20.6. The average molecular weight is 411 g/mol. The van der Waals surface area contributed by atoms with Crippen molar-refractivity contribution in [3.63, 3.8) is 0 Å². The van der Waals surface area contributed by atoms with Gasteiger partial charge >= 0.3 is 0 Å². The number of hydrogen-bond donors (Lipinski definition) is 0. The van der Waals surface area contributed by atoms with Crippen LogP contribution in [0.4, 0.5) is 0 Å². The summed E-state index contributed by atoms with van der Waals surface area (Å²) in [6.45, 7) is 3.99.